The summed E-state index contributed by atoms with van der Waals surface area (Å²) in [6, 6.07) is 9.74. The van der Waals surface area contributed by atoms with Gasteiger partial charge in [-0.1, -0.05) is 12.1 Å². The smallest absolute Gasteiger partial charge is 0.225 e. The Balaban J connectivity index is 1.51. The highest BCUT2D eigenvalue weighted by atomic mass is 16.5. The van der Waals surface area contributed by atoms with Crippen LogP contribution in [0.15, 0.2) is 30.3 Å². The zero-order valence-electron chi connectivity index (χ0n) is 15.7. The van der Waals surface area contributed by atoms with E-state index in [1.54, 1.807) is 7.11 Å². The number of methoxy groups -OCH3 is 1. The number of ether oxygens (including phenoxy) is 1. The zero-order chi connectivity index (χ0) is 18.5. The van der Waals surface area contributed by atoms with Gasteiger partial charge in [-0.25, -0.2) is 9.97 Å². The molecular formula is C20H26N4O2. The number of aromatic nitrogens is 2. The molecule has 0 spiro atoms. The lowest BCUT2D eigenvalue weighted by Gasteiger charge is -2.31. The van der Waals surface area contributed by atoms with E-state index in [1.165, 1.54) is 0 Å². The SMILES string of the molecule is COc1cccc(CNC(=O)C2CCN(c3nc(C)cc(C)n3)CC2)c1. The molecule has 1 aliphatic heterocycles. The van der Waals surface area contributed by atoms with Crippen molar-refractivity contribution in [1.29, 1.82) is 0 Å². The molecule has 1 amide bonds. The number of nitrogens with one attached hydrogen (secondary N) is 1. The fourth-order valence-electron chi connectivity index (χ4n) is 3.31. The minimum Gasteiger partial charge on any atom is -0.497 e. The molecule has 0 unspecified atom stereocenters. The number of nitrogens with zero attached hydrogens (tertiary/aromatic N) is 3. The van der Waals surface area contributed by atoms with Crippen molar-refractivity contribution in [2.75, 3.05) is 25.1 Å². The van der Waals surface area contributed by atoms with E-state index in [1.807, 2.05) is 44.2 Å². The monoisotopic (exact) mass is 354 g/mol. The van der Waals surface area contributed by atoms with E-state index >= 15 is 0 Å². The molecule has 1 aromatic heterocycles. The molecule has 1 fully saturated rings. The highest BCUT2D eigenvalue weighted by Gasteiger charge is 2.26. The zero-order valence-corrected chi connectivity index (χ0v) is 15.7. The Labute approximate surface area is 154 Å². The van der Waals surface area contributed by atoms with Crippen LogP contribution in [-0.2, 0) is 11.3 Å². The molecule has 0 atom stereocenters. The first-order valence-corrected chi connectivity index (χ1v) is 9.03. The Bertz CT molecular complexity index is 750. The van der Waals surface area contributed by atoms with Gasteiger partial charge in [0.1, 0.15) is 5.75 Å². The lowest BCUT2D eigenvalue weighted by Crippen LogP contribution is -2.41. The highest BCUT2D eigenvalue weighted by Crippen LogP contribution is 2.21. The average Bonchev–Trinajstić information content (AvgIpc) is 2.65. The maximum Gasteiger partial charge on any atom is 0.225 e. The molecule has 1 aliphatic rings. The lowest BCUT2D eigenvalue weighted by molar-refractivity contribution is -0.125. The molecule has 2 aromatic rings. The Morgan fingerprint density at radius 3 is 2.54 bits per heavy atom. The van der Waals surface area contributed by atoms with Crippen LogP contribution in [0.25, 0.3) is 0 Å². The van der Waals surface area contributed by atoms with Crippen molar-refractivity contribution in [3.05, 3.63) is 47.3 Å². The predicted octanol–water partition coefficient (Wildman–Crippen LogP) is 2.63. The third kappa shape index (κ3) is 4.50. The summed E-state index contributed by atoms with van der Waals surface area (Å²) in [6.45, 7) is 6.10. The number of hydrogen-bond acceptors (Lipinski definition) is 5. The maximum atomic E-state index is 12.5. The molecule has 1 saturated heterocycles. The number of rotatable bonds is 5. The Hall–Kier alpha value is -2.63. The van der Waals surface area contributed by atoms with Crippen LogP contribution in [0.5, 0.6) is 5.75 Å². The van der Waals surface area contributed by atoms with E-state index in [-0.39, 0.29) is 11.8 Å². The summed E-state index contributed by atoms with van der Waals surface area (Å²) in [5, 5.41) is 3.05. The molecular weight excluding hydrogens is 328 g/mol. The third-order valence-corrected chi connectivity index (χ3v) is 4.72. The van der Waals surface area contributed by atoms with Gasteiger partial charge in [-0.05, 0) is 50.5 Å². The summed E-state index contributed by atoms with van der Waals surface area (Å²) < 4.78 is 5.22. The van der Waals surface area contributed by atoms with Gasteiger partial charge in [-0.2, -0.15) is 0 Å². The molecule has 0 saturated carbocycles. The number of aryl methyl sites for hydroxylation is 2. The minimum absolute atomic E-state index is 0.0442. The molecule has 1 aromatic carbocycles. The normalized spacial score (nSPS) is 15.0. The summed E-state index contributed by atoms with van der Waals surface area (Å²) >= 11 is 0. The molecule has 6 nitrogen and oxygen atoms in total. The summed E-state index contributed by atoms with van der Waals surface area (Å²) in [6.07, 6.45) is 1.64. The number of carbonyl (C=O) groups is 1. The predicted molar refractivity (Wildman–Crippen MR) is 101 cm³/mol. The molecule has 138 valence electrons. The number of amides is 1. The van der Waals surface area contributed by atoms with Crippen LogP contribution in [0.1, 0.15) is 29.8 Å². The Morgan fingerprint density at radius 2 is 1.88 bits per heavy atom. The molecule has 26 heavy (non-hydrogen) atoms. The van der Waals surface area contributed by atoms with Crippen molar-refractivity contribution in [3.8, 4) is 5.75 Å². The van der Waals surface area contributed by atoms with Gasteiger partial charge in [0.25, 0.3) is 0 Å². The van der Waals surface area contributed by atoms with E-state index < -0.39 is 0 Å². The highest BCUT2D eigenvalue weighted by molar-refractivity contribution is 5.79. The van der Waals surface area contributed by atoms with Crippen LogP contribution in [0.2, 0.25) is 0 Å². The van der Waals surface area contributed by atoms with Gasteiger partial charge >= 0.3 is 0 Å². The van der Waals surface area contributed by atoms with Crippen molar-refractivity contribution >= 4 is 11.9 Å². The second-order valence-corrected chi connectivity index (χ2v) is 6.78. The van der Waals surface area contributed by atoms with Crippen molar-refractivity contribution in [3.63, 3.8) is 0 Å². The van der Waals surface area contributed by atoms with Gasteiger partial charge in [0.05, 0.1) is 7.11 Å². The molecule has 1 N–H and O–H groups in total. The first kappa shape index (κ1) is 18.2. The Morgan fingerprint density at radius 1 is 1.19 bits per heavy atom. The van der Waals surface area contributed by atoms with Gasteiger partial charge < -0.3 is 15.0 Å². The van der Waals surface area contributed by atoms with Crippen LogP contribution < -0.4 is 15.0 Å². The minimum atomic E-state index is 0.0442. The van der Waals surface area contributed by atoms with Crippen LogP contribution in [0.4, 0.5) is 5.95 Å². The van der Waals surface area contributed by atoms with Gasteiger partial charge in [-0.3, -0.25) is 4.79 Å². The quantitative estimate of drug-likeness (QED) is 0.894. The summed E-state index contributed by atoms with van der Waals surface area (Å²) in [7, 11) is 1.64. The molecule has 0 bridgehead atoms. The summed E-state index contributed by atoms with van der Waals surface area (Å²) in [5.74, 6) is 1.74. The van der Waals surface area contributed by atoms with Crippen LogP contribution in [0.3, 0.4) is 0 Å². The number of carbonyl (C=O) groups excluding carboxylic acids is 1. The molecule has 3 rings (SSSR count). The van der Waals surface area contributed by atoms with Gasteiger partial charge in [0.15, 0.2) is 0 Å². The molecule has 0 aliphatic carbocycles. The summed E-state index contributed by atoms with van der Waals surface area (Å²) in [4.78, 5) is 23.7. The number of benzene rings is 1. The standard InChI is InChI=1S/C20H26N4O2/c1-14-11-15(2)23-20(22-14)24-9-7-17(8-10-24)19(25)21-13-16-5-4-6-18(12-16)26-3/h4-6,11-12,17H,7-10,13H2,1-3H3,(H,21,25). The molecule has 2 heterocycles. The number of piperidine rings is 1. The number of anilines is 1. The van der Waals surface area contributed by atoms with E-state index in [2.05, 4.69) is 20.2 Å². The second kappa shape index (κ2) is 8.17. The van der Waals surface area contributed by atoms with E-state index in [0.29, 0.717) is 6.54 Å². The lowest BCUT2D eigenvalue weighted by atomic mass is 9.96. The van der Waals surface area contributed by atoms with Crippen molar-refractivity contribution in [2.24, 2.45) is 5.92 Å². The van der Waals surface area contributed by atoms with Crippen molar-refractivity contribution in [1.82, 2.24) is 15.3 Å². The molecule has 6 heteroatoms. The van der Waals surface area contributed by atoms with Gasteiger partial charge in [0, 0.05) is 36.9 Å². The fourth-order valence-corrected chi connectivity index (χ4v) is 3.31. The van der Waals surface area contributed by atoms with Crippen LogP contribution >= 0.6 is 0 Å². The molecule has 0 radical (unpaired) electrons. The second-order valence-electron chi connectivity index (χ2n) is 6.78. The maximum absolute atomic E-state index is 12.5. The topological polar surface area (TPSA) is 67.3 Å². The number of hydrogen-bond donors (Lipinski definition) is 1. The van der Waals surface area contributed by atoms with Crippen LogP contribution in [-0.4, -0.2) is 36.1 Å². The first-order chi connectivity index (χ1) is 12.5. The van der Waals surface area contributed by atoms with E-state index in [4.69, 9.17) is 4.74 Å². The first-order valence-electron chi connectivity index (χ1n) is 9.03. The van der Waals surface area contributed by atoms with E-state index in [9.17, 15) is 4.79 Å². The van der Waals surface area contributed by atoms with Gasteiger partial charge in [0.2, 0.25) is 11.9 Å². The largest absolute Gasteiger partial charge is 0.497 e. The summed E-state index contributed by atoms with van der Waals surface area (Å²) in [5.41, 5.74) is 3.00. The van der Waals surface area contributed by atoms with Crippen molar-refractivity contribution < 1.29 is 9.53 Å². The van der Waals surface area contributed by atoms with E-state index in [0.717, 1.165) is 54.6 Å². The average molecular weight is 354 g/mol. The third-order valence-electron chi connectivity index (χ3n) is 4.72. The van der Waals surface area contributed by atoms with Crippen LogP contribution in [0, 0.1) is 19.8 Å². The van der Waals surface area contributed by atoms with Gasteiger partial charge in [-0.15, -0.1) is 0 Å². The fraction of sp³-hybridized carbons (Fsp3) is 0.450. The van der Waals surface area contributed by atoms with Crippen molar-refractivity contribution in [2.45, 2.75) is 33.2 Å². The Kier molecular flexibility index (Phi) is 5.71.